The van der Waals surface area contributed by atoms with Crippen molar-refractivity contribution in [2.75, 3.05) is 19.0 Å². The standard InChI is InChI=1S/C13H15ClINO2/c1-9-7-16(8-10(6-14)18-9)13(17)11-4-2-3-5-12(11)15/h2-5,9-10H,6-8H2,1H3. The fourth-order valence-electron chi connectivity index (χ4n) is 2.10. The van der Waals surface area contributed by atoms with Crippen LogP contribution in [0.2, 0.25) is 0 Å². The smallest absolute Gasteiger partial charge is 0.255 e. The number of benzene rings is 1. The summed E-state index contributed by atoms with van der Waals surface area (Å²) in [6, 6.07) is 7.62. The van der Waals surface area contributed by atoms with Crippen molar-refractivity contribution in [3.63, 3.8) is 0 Å². The minimum atomic E-state index is -0.0688. The Morgan fingerprint density at radius 1 is 1.50 bits per heavy atom. The van der Waals surface area contributed by atoms with E-state index in [9.17, 15) is 4.79 Å². The molecular formula is C13H15ClINO2. The van der Waals surface area contributed by atoms with E-state index in [4.69, 9.17) is 16.3 Å². The van der Waals surface area contributed by atoms with E-state index < -0.39 is 0 Å². The molecule has 0 aliphatic carbocycles. The summed E-state index contributed by atoms with van der Waals surface area (Å²) in [6.45, 7) is 3.16. The van der Waals surface area contributed by atoms with E-state index in [0.29, 0.717) is 19.0 Å². The monoisotopic (exact) mass is 379 g/mol. The van der Waals surface area contributed by atoms with Gasteiger partial charge in [0.05, 0.1) is 23.7 Å². The number of hydrogen-bond donors (Lipinski definition) is 0. The second kappa shape index (κ2) is 6.21. The van der Waals surface area contributed by atoms with Gasteiger partial charge in [-0.25, -0.2) is 0 Å². The predicted octanol–water partition coefficient (Wildman–Crippen LogP) is 2.76. The summed E-state index contributed by atoms with van der Waals surface area (Å²) in [7, 11) is 0. The van der Waals surface area contributed by atoms with Gasteiger partial charge in [0.2, 0.25) is 0 Å². The Morgan fingerprint density at radius 2 is 2.22 bits per heavy atom. The van der Waals surface area contributed by atoms with Crippen LogP contribution < -0.4 is 0 Å². The first kappa shape index (κ1) is 14.1. The van der Waals surface area contributed by atoms with E-state index in [1.165, 1.54) is 0 Å². The SMILES string of the molecule is CC1CN(C(=O)c2ccccc2I)CC(CCl)O1. The third-order valence-corrected chi connectivity index (χ3v) is 4.17. The first-order chi connectivity index (χ1) is 8.61. The molecule has 1 aliphatic rings. The lowest BCUT2D eigenvalue weighted by Gasteiger charge is -2.36. The van der Waals surface area contributed by atoms with Crippen LogP contribution in [-0.2, 0) is 4.74 Å². The van der Waals surface area contributed by atoms with E-state index in [1.807, 2.05) is 36.1 Å². The van der Waals surface area contributed by atoms with Gasteiger partial charge in [0, 0.05) is 16.7 Å². The van der Waals surface area contributed by atoms with Gasteiger partial charge in [0.1, 0.15) is 0 Å². The topological polar surface area (TPSA) is 29.5 Å². The van der Waals surface area contributed by atoms with Crippen molar-refractivity contribution in [3.05, 3.63) is 33.4 Å². The first-order valence-corrected chi connectivity index (χ1v) is 7.48. The van der Waals surface area contributed by atoms with Crippen molar-refractivity contribution in [2.24, 2.45) is 0 Å². The highest BCUT2D eigenvalue weighted by atomic mass is 127. The molecule has 5 heteroatoms. The number of hydrogen-bond acceptors (Lipinski definition) is 2. The van der Waals surface area contributed by atoms with Crippen LogP contribution >= 0.6 is 34.2 Å². The molecule has 18 heavy (non-hydrogen) atoms. The van der Waals surface area contributed by atoms with Gasteiger partial charge in [0.15, 0.2) is 0 Å². The minimum absolute atomic E-state index is 0.0350. The predicted molar refractivity (Wildman–Crippen MR) is 80.1 cm³/mol. The van der Waals surface area contributed by atoms with Gasteiger partial charge in [-0.05, 0) is 41.6 Å². The Bertz CT molecular complexity index is 441. The third-order valence-electron chi connectivity index (χ3n) is 2.89. The first-order valence-electron chi connectivity index (χ1n) is 5.87. The molecule has 98 valence electrons. The fourth-order valence-corrected chi connectivity index (χ4v) is 2.89. The van der Waals surface area contributed by atoms with Crippen LogP contribution in [0.4, 0.5) is 0 Å². The molecule has 0 N–H and O–H groups in total. The molecule has 0 radical (unpaired) electrons. The van der Waals surface area contributed by atoms with Gasteiger partial charge < -0.3 is 9.64 Å². The second-order valence-electron chi connectivity index (χ2n) is 4.41. The number of amides is 1. The molecule has 1 aliphatic heterocycles. The molecule has 1 heterocycles. The maximum absolute atomic E-state index is 12.5. The van der Waals surface area contributed by atoms with Crippen molar-refractivity contribution >= 4 is 40.1 Å². The summed E-state index contributed by atoms with van der Waals surface area (Å²) < 4.78 is 6.63. The summed E-state index contributed by atoms with van der Waals surface area (Å²) in [4.78, 5) is 14.3. The highest BCUT2D eigenvalue weighted by Crippen LogP contribution is 2.18. The van der Waals surface area contributed by atoms with Crippen LogP contribution in [0.3, 0.4) is 0 Å². The molecule has 1 aromatic carbocycles. The van der Waals surface area contributed by atoms with Gasteiger partial charge in [-0.1, -0.05) is 12.1 Å². The number of carbonyl (C=O) groups excluding carboxylic acids is 1. The Labute approximate surface area is 126 Å². The van der Waals surface area contributed by atoms with Gasteiger partial charge in [0.25, 0.3) is 5.91 Å². The molecule has 1 saturated heterocycles. The maximum Gasteiger partial charge on any atom is 0.255 e. The second-order valence-corrected chi connectivity index (χ2v) is 5.88. The Balaban J connectivity index is 2.16. The summed E-state index contributed by atoms with van der Waals surface area (Å²) in [5.74, 6) is 0.477. The van der Waals surface area contributed by atoms with Gasteiger partial charge in [-0.15, -0.1) is 11.6 Å². The molecule has 1 fully saturated rings. The van der Waals surface area contributed by atoms with E-state index in [2.05, 4.69) is 22.6 Å². The summed E-state index contributed by atoms with van der Waals surface area (Å²) in [6.07, 6.45) is -0.0337. The molecular weight excluding hydrogens is 365 g/mol. The number of rotatable bonds is 2. The van der Waals surface area contributed by atoms with Crippen LogP contribution in [0.1, 0.15) is 17.3 Å². The average Bonchev–Trinajstić information content (AvgIpc) is 2.37. The van der Waals surface area contributed by atoms with E-state index in [-0.39, 0.29) is 18.1 Å². The van der Waals surface area contributed by atoms with Crippen LogP contribution in [0.15, 0.2) is 24.3 Å². The van der Waals surface area contributed by atoms with E-state index in [0.717, 1.165) is 9.13 Å². The zero-order chi connectivity index (χ0) is 13.1. The molecule has 0 bridgehead atoms. The lowest BCUT2D eigenvalue weighted by molar-refractivity contribution is -0.0570. The van der Waals surface area contributed by atoms with Crippen molar-refractivity contribution in [3.8, 4) is 0 Å². The van der Waals surface area contributed by atoms with Crippen molar-refractivity contribution in [1.29, 1.82) is 0 Å². The Morgan fingerprint density at radius 3 is 2.89 bits per heavy atom. The van der Waals surface area contributed by atoms with Crippen molar-refractivity contribution in [2.45, 2.75) is 19.1 Å². The fraction of sp³-hybridized carbons (Fsp3) is 0.462. The zero-order valence-corrected chi connectivity index (χ0v) is 13.0. The van der Waals surface area contributed by atoms with Gasteiger partial charge >= 0.3 is 0 Å². The van der Waals surface area contributed by atoms with Gasteiger partial charge in [-0.2, -0.15) is 0 Å². The largest absolute Gasteiger partial charge is 0.370 e. The molecule has 2 atom stereocenters. The lowest BCUT2D eigenvalue weighted by atomic mass is 10.1. The quantitative estimate of drug-likeness (QED) is 0.584. The maximum atomic E-state index is 12.5. The van der Waals surface area contributed by atoms with Crippen LogP contribution in [-0.4, -0.2) is 42.0 Å². The molecule has 0 saturated carbocycles. The number of morpholine rings is 1. The molecule has 1 aromatic rings. The Kier molecular flexibility index (Phi) is 4.86. The number of nitrogens with zero attached hydrogens (tertiary/aromatic N) is 1. The molecule has 3 nitrogen and oxygen atoms in total. The third kappa shape index (κ3) is 3.16. The molecule has 0 spiro atoms. The summed E-state index contributed by atoms with van der Waals surface area (Å²) in [5, 5.41) is 0. The van der Waals surface area contributed by atoms with Gasteiger partial charge in [-0.3, -0.25) is 4.79 Å². The van der Waals surface area contributed by atoms with Crippen LogP contribution in [0, 0.1) is 3.57 Å². The molecule has 2 unspecified atom stereocenters. The zero-order valence-electron chi connectivity index (χ0n) is 10.1. The number of ether oxygens (including phenoxy) is 1. The van der Waals surface area contributed by atoms with Crippen molar-refractivity contribution < 1.29 is 9.53 Å². The molecule has 1 amide bonds. The summed E-state index contributed by atoms with van der Waals surface area (Å²) >= 11 is 8.02. The molecule has 0 aromatic heterocycles. The summed E-state index contributed by atoms with van der Waals surface area (Å²) in [5.41, 5.74) is 0.750. The number of carbonyl (C=O) groups is 1. The minimum Gasteiger partial charge on any atom is -0.370 e. The van der Waals surface area contributed by atoms with E-state index in [1.54, 1.807) is 0 Å². The highest BCUT2D eigenvalue weighted by Gasteiger charge is 2.29. The molecule has 2 rings (SSSR count). The Hall–Kier alpha value is -0.330. The lowest BCUT2D eigenvalue weighted by Crippen LogP contribution is -2.49. The normalized spacial score (nSPS) is 24.1. The van der Waals surface area contributed by atoms with Crippen LogP contribution in [0.5, 0.6) is 0 Å². The number of halogens is 2. The highest BCUT2D eigenvalue weighted by molar-refractivity contribution is 14.1. The average molecular weight is 380 g/mol. The van der Waals surface area contributed by atoms with E-state index >= 15 is 0 Å². The van der Waals surface area contributed by atoms with Crippen molar-refractivity contribution in [1.82, 2.24) is 4.90 Å². The number of alkyl halides is 1. The van der Waals surface area contributed by atoms with Crippen LogP contribution in [0.25, 0.3) is 0 Å².